The average molecular weight is 343 g/mol. The standard InChI is InChI=1S/C17H11ClN2O2S/c18-13-5-7-14(8-6-13)23(21,22)15(10-19)9-12-11-20-17-4-2-1-3-16(12)17/h1-9,11,20H. The Balaban J connectivity index is 2.12. The maximum atomic E-state index is 12.6. The Morgan fingerprint density at radius 2 is 1.83 bits per heavy atom. The molecule has 6 heteroatoms. The lowest BCUT2D eigenvalue weighted by molar-refractivity contribution is 0.603. The summed E-state index contributed by atoms with van der Waals surface area (Å²) in [6.07, 6.45) is 3.06. The molecule has 0 saturated heterocycles. The number of hydrogen-bond donors (Lipinski definition) is 1. The van der Waals surface area contributed by atoms with Crippen LogP contribution in [0.1, 0.15) is 5.56 Å². The Kier molecular flexibility index (Phi) is 3.95. The molecule has 0 fully saturated rings. The first-order valence-corrected chi connectivity index (χ1v) is 8.57. The smallest absolute Gasteiger partial charge is 0.216 e. The van der Waals surface area contributed by atoms with Crippen LogP contribution in [0.25, 0.3) is 17.0 Å². The van der Waals surface area contributed by atoms with Crippen LogP contribution in [0.2, 0.25) is 5.02 Å². The SMILES string of the molecule is N#CC(=Cc1c[nH]c2ccccc12)S(=O)(=O)c1ccc(Cl)cc1. The van der Waals surface area contributed by atoms with Gasteiger partial charge in [0.05, 0.1) is 4.90 Å². The Bertz CT molecular complexity index is 1040. The van der Waals surface area contributed by atoms with Gasteiger partial charge in [-0.1, -0.05) is 29.8 Å². The number of nitrogens with zero attached hydrogens (tertiary/aromatic N) is 1. The number of fused-ring (bicyclic) bond motifs is 1. The van der Waals surface area contributed by atoms with Crippen molar-refractivity contribution >= 4 is 38.4 Å². The van der Waals surface area contributed by atoms with Crippen LogP contribution >= 0.6 is 11.6 Å². The second kappa shape index (κ2) is 5.92. The van der Waals surface area contributed by atoms with Gasteiger partial charge in [-0.25, -0.2) is 8.42 Å². The van der Waals surface area contributed by atoms with Crippen molar-refractivity contribution in [2.24, 2.45) is 0 Å². The summed E-state index contributed by atoms with van der Waals surface area (Å²) in [5, 5.41) is 10.6. The number of aromatic amines is 1. The number of halogens is 1. The van der Waals surface area contributed by atoms with E-state index < -0.39 is 9.84 Å². The molecule has 0 amide bonds. The van der Waals surface area contributed by atoms with Gasteiger partial charge in [-0.2, -0.15) is 5.26 Å². The molecule has 0 bridgehead atoms. The number of hydrogen-bond acceptors (Lipinski definition) is 3. The number of rotatable bonds is 3. The van der Waals surface area contributed by atoms with Crippen molar-refractivity contribution in [3.8, 4) is 6.07 Å². The third kappa shape index (κ3) is 2.87. The van der Waals surface area contributed by atoms with Crippen LogP contribution in [0.5, 0.6) is 0 Å². The quantitative estimate of drug-likeness (QED) is 0.726. The summed E-state index contributed by atoms with van der Waals surface area (Å²) in [5.74, 6) is 0. The molecular formula is C17H11ClN2O2S. The van der Waals surface area contributed by atoms with Crippen LogP contribution < -0.4 is 0 Å². The molecule has 3 aromatic rings. The lowest BCUT2D eigenvalue weighted by atomic mass is 10.1. The van der Waals surface area contributed by atoms with Crippen molar-refractivity contribution in [1.29, 1.82) is 5.26 Å². The van der Waals surface area contributed by atoms with Gasteiger partial charge in [0.15, 0.2) is 0 Å². The van der Waals surface area contributed by atoms with E-state index in [1.54, 1.807) is 12.3 Å². The zero-order chi connectivity index (χ0) is 16.4. The molecule has 0 unspecified atom stereocenters. The highest BCUT2D eigenvalue weighted by Crippen LogP contribution is 2.25. The third-order valence-electron chi connectivity index (χ3n) is 3.43. The minimum atomic E-state index is -3.89. The number of H-pyrrole nitrogens is 1. The first kappa shape index (κ1) is 15.3. The zero-order valence-electron chi connectivity index (χ0n) is 11.8. The van der Waals surface area contributed by atoms with Crippen molar-refractivity contribution in [2.75, 3.05) is 0 Å². The molecular weight excluding hydrogens is 332 g/mol. The van der Waals surface area contributed by atoms with Crippen LogP contribution in [0.4, 0.5) is 0 Å². The second-order valence-electron chi connectivity index (χ2n) is 4.87. The molecule has 0 aliphatic heterocycles. The summed E-state index contributed by atoms with van der Waals surface area (Å²) >= 11 is 5.78. The van der Waals surface area contributed by atoms with E-state index in [1.807, 2.05) is 24.3 Å². The highest BCUT2D eigenvalue weighted by atomic mass is 35.5. The number of benzene rings is 2. The number of nitriles is 1. The fourth-order valence-electron chi connectivity index (χ4n) is 2.27. The molecule has 3 rings (SSSR count). The number of para-hydroxylation sites is 1. The van der Waals surface area contributed by atoms with Gasteiger partial charge in [-0.15, -0.1) is 0 Å². The molecule has 1 heterocycles. The maximum absolute atomic E-state index is 12.6. The lowest BCUT2D eigenvalue weighted by Crippen LogP contribution is -2.03. The summed E-state index contributed by atoms with van der Waals surface area (Å²) in [6, 6.07) is 15.0. The summed E-state index contributed by atoms with van der Waals surface area (Å²) in [7, 11) is -3.89. The van der Waals surface area contributed by atoms with Crippen molar-refractivity contribution in [3.63, 3.8) is 0 Å². The van der Waals surface area contributed by atoms with Crippen LogP contribution in [-0.2, 0) is 9.84 Å². The van der Waals surface area contributed by atoms with Gasteiger partial charge in [-0.3, -0.25) is 0 Å². The molecule has 114 valence electrons. The van der Waals surface area contributed by atoms with Gasteiger partial charge in [0.25, 0.3) is 0 Å². The van der Waals surface area contributed by atoms with Gasteiger partial charge in [0.2, 0.25) is 9.84 Å². The Hall–Kier alpha value is -2.55. The fourth-order valence-corrected chi connectivity index (χ4v) is 3.54. The van der Waals surface area contributed by atoms with E-state index in [0.717, 1.165) is 10.9 Å². The summed E-state index contributed by atoms with van der Waals surface area (Å²) in [6.45, 7) is 0. The van der Waals surface area contributed by atoms with Crippen molar-refractivity contribution in [1.82, 2.24) is 4.98 Å². The molecule has 0 saturated carbocycles. The van der Waals surface area contributed by atoms with E-state index in [0.29, 0.717) is 10.6 Å². The highest BCUT2D eigenvalue weighted by molar-refractivity contribution is 7.95. The minimum absolute atomic E-state index is 0.0366. The molecule has 2 aromatic carbocycles. The first-order valence-electron chi connectivity index (χ1n) is 6.71. The van der Waals surface area contributed by atoms with Crippen molar-refractivity contribution in [2.45, 2.75) is 4.90 Å². The summed E-state index contributed by atoms with van der Waals surface area (Å²) in [5.41, 5.74) is 1.52. The van der Waals surface area contributed by atoms with Crippen LogP contribution in [0, 0.1) is 11.3 Å². The Morgan fingerprint density at radius 3 is 2.52 bits per heavy atom. The average Bonchev–Trinajstić information content (AvgIpc) is 2.96. The van der Waals surface area contributed by atoms with Crippen LogP contribution in [0.3, 0.4) is 0 Å². The highest BCUT2D eigenvalue weighted by Gasteiger charge is 2.21. The molecule has 0 aliphatic rings. The Morgan fingerprint density at radius 1 is 1.13 bits per heavy atom. The number of allylic oxidation sites excluding steroid dienone is 1. The monoisotopic (exact) mass is 342 g/mol. The van der Waals surface area contributed by atoms with E-state index in [2.05, 4.69) is 4.98 Å². The molecule has 23 heavy (non-hydrogen) atoms. The Labute approximate surface area is 138 Å². The van der Waals surface area contributed by atoms with Crippen molar-refractivity contribution in [3.05, 3.63) is 70.2 Å². The van der Waals surface area contributed by atoms with Crippen LogP contribution in [-0.4, -0.2) is 13.4 Å². The maximum Gasteiger partial charge on any atom is 0.216 e. The second-order valence-corrected chi connectivity index (χ2v) is 7.22. The predicted molar refractivity (Wildman–Crippen MR) is 90.5 cm³/mol. The van der Waals surface area contributed by atoms with Gasteiger partial charge < -0.3 is 4.98 Å². The number of nitrogens with one attached hydrogen (secondary N) is 1. The van der Waals surface area contributed by atoms with Crippen molar-refractivity contribution < 1.29 is 8.42 Å². The largest absolute Gasteiger partial charge is 0.361 e. The van der Waals surface area contributed by atoms with E-state index >= 15 is 0 Å². The topological polar surface area (TPSA) is 73.7 Å². The molecule has 0 spiro atoms. The normalized spacial score (nSPS) is 12.3. The molecule has 4 nitrogen and oxygen atoms in total. The fraction of sp³-hybridized carbons (Fsp3) is 0. The minimum Gasteiger partial charge on any atom is -0.361 e. The van der Waals surface area contributed by atoms with E-state index in [-0.39, 0.29) is 9.80 Å². The zero-order valence-corrected chi connectivity index (χ0v) is 13.4. The number of aromatic nitrogens is 1. The van der Waals surface area contributed by atoms with E-state index in [1.165, 1.54) is 30.3 Å². The predicted octanol–water partition coefficient (Wildman–Crippen LogP) is 4.16. The van der Waals surface area contributed by atoms with Gasteiger partial charge >= 0.3 is 0 Å². The first-order chi connectivity index (χ1) is 11.0. The van der Waals surface area contributed by atoms with Gasteiger partial charge in [0, 0.05) is 27.7 Å². The molecule has 1 N–H and O–H groups in total. The molecule has 0 atom stereocenters. The summed E-state index contributed by atoms with van der Waals surface area (Å²) < 4.78 is 25.2. The molecule has 0 radical (unpaired) electrons. The van der Waals surface area contributed by atoms with Gasteiger partial charge in [-0.05, 0) is 36.4 Å². The van der Waals surface area contributed by atoms with Crippen LogP contribution in [0.15, 0.2) is 64.5 Å². The van der Waals surface area contributed by atoms with E-state index in [9.17, 15) is 13.7 Å². The third-order valence-corrected chi connectivity index (χ3v) is 5.36. The molecule has 0 aliphatic carbocycles. The molecule has 1 aromatic heterocycles. The lowest BCUT2D eigenvalue weighted by Gasteiger charge is -2.03. The van der Waals surface area contributed by atoms with Gasteiger partial charge in [0.1, 0.15) is 11.0 Å². The van der Waals surface area contributed by atoms with E-state index in [4.69, 9.17) is 11.6 Å². The summed E-state index contributed by atoms with van der Waals surface area (Å²) in [4.78, 5) is 2.77. The number of sulfone groups is 1.